The van der Waals surface area contributed by atoms with Crippen molar-refractivity contribution in [1.82, 2.24) is 0 Å². The molecule has 4 nitrogen and oxygen atoms in total. The van der Waals surface area contributed by atoms with Gasteiger partial charge in [-0.05, 0) is 95.5 Å². The quantitative estimate of drug-likeness (QED) is 0.225. The number of rotatable bonds is 14. The number of hydrogen-bond acceptors (Lipinski definition) is 3. The molecule has 208 valence electrons. The Kier molecular flexibility index (Phi) is 9.32. The van der Waals surface area contributed by atoms with Crippen LogP contribution in [0.2, 0.25) is 0 Å². The van der Waals surface area contributed by atoms with Gasteiger partial charge in [0.2, 0.25) is 0 Å². The van der Waals surface area contributed by atoms with Gasteiger partial charge in [0, 0.05) is 5.56 Å². The van der Waals surface area contributed by atoms with Crippen molar-refractivity contribution in [3.05, 3.63) is 83.2 Å². The van der Waals surface area contributed by atoms with Crippen molar-refractivity contribution in [2.45, 2.75) is 78.2 Å². The van der Waals surface area contributed by atoms with E-state index in [-0.39, 0.29) is 23.6 Å². The van der Waals surface area contributed by atoms with Crippen LogP contribution in [0, 0.1) is 17.2 Å². The van der Waals surface area contributed by atoms with E-state index in [0.717, 1.165) is 66.5 Å². The predicted octanol–water partition coefficient (Wildman–Crippen LogP) is 8.81. The molecule has 3 aromatic rings. The van der Waals surface area contributed by atoms with Gasteiger partial charge < -0.3 is 14.6 Å². The summed E-state index contributed by atoms with van der Waals surface area (Å²) in [4.78, 5) is 11.4. The van der Waals surface area contributed by atoms with Crippen LogP contribution in [0.3, 0.4) is 0 Å². The molecule has 39 heavy (non-hydrogen) atoms. The lowest BCUT2D eigenvalue weighted by atomic mass is 9.79. The maximum atomic E-state index is 15.0. The molecule has 1 aliphatic carbocycles. The summed E-state index contributed by atoms with van der Waals surface area (Å²) in [5.41, 5.74) is 4.56. The summed E-state index contributed by atoms with van der Waals surface area (Å²) >= 11 is 0. The minimum absolute atomic E-state index is 0.0506. The van der Waals surface area contributed by atoms with Crippen LogP contribution in [0.1, 0.15) is 81.9 Å². The Hall–Kier alpha value is -3.34. The van der Waals surface area contributed by atoms with Crippen LogP contribution in [-0.4, -0.2) is 18.2 Å². The molecule has 0 aromatic heterocycles. The lowest BCUT2D eigenvalue weighted by Crippen LogP contribution is -2.15. The Morgan fingerprint density at radius 1 is 1.05 bits per heavy atom. The predicted molar refractivity (Wildman–Crippen MR) is 154 cm³/mol. The third-order valence-electron chi connectivity index (χ3n) is 7.79. The van der Waals surface area contributed by atoms with E-state index in [1.807, 2.05) is 36.4 Å². The molecule has 1 fully saturated rings. The van der Waals surface area contributed by atoms with Gasteiger partial charge in [0.15, 0.2) is 0 Å². The van der Waals surface area contributed by atoms with Crippen molar-refractivity contribution in [2.24, 2.45) is 11.3 Å². The Morgan fingerprint density at radius 2 is 1.82 bits per heavy atom. The third-order valence-corrected chi connectivity index (χ3v) is 7.79. The second-order valence-corrected chi connectivity index (χ2v) is 11.7. The number of ether oxygens (including phenoxy) is 2. The average molecular weight is 533 g/mol. The Morgan fingerprint density at radius 3 is 2.51 bits per heavy atom. The summed E-state index contributed by atoms with van der Waals surface area (Å²) < 4.78 is 26.6. The van der Waals surface area contributed by atoms with Crippen LogP contribution in [0.5, 0.6) is 11.5 Å². The van der Waals surface area contributed by atoms with Gasteiger partial charge in [-0.2, -0.15) is 0 Å². The highest BCUT2D eigenvalue weighted by Crippen LogP contribution is 2.44. The zero-order valence-electron chi connectivity index (χ0n) is 23.6. The van der Waals surface area contributed by atoms with Gasteiger partial charge in [-0.1, -0.05) is 63.9 Å². The molecule has 1 N–H and O–H groups in total. The molecule has 4 rings (SSSR count). The van der Waals surface area contributed by atoms with E-state index in [2.05, 4.69) is 26.8 Å². The molecule has 1 saturated carbocycles. The number of methoxy groups -OCH3 is 1. The minimum atomic E-state index is -0.754. The highest BCUT2D eigenvalue weighted by Gasteiger charge is 2.33. The average Bonchev–Trinajstić information content (AvgIpc) is 3.75. The summed E-state index contributed by atoms with van der Waals surface area (Å²) in [6, 6.07) is 18.9. The van der Waals surface area contributed by atoms with Crippen LogP contribution in [0.4, 0.5) is 4.39 Å². The van der Waals surface area contributed by atoms with Gasteiger partial charge in [-0.15, -0.1) is 0 Å². The zero-order chi connectivity index (χ0) is 28.0. The van der Waals surface area contributed by atoms with Gasteiger partial charge in [0.1, 0.15) is 23.9 Å². The smallest absolute Gasteiger partial charge is 0.303 e. The number of benzene rings is 3. The van der Waals surface area contributed by atoms with Crippen molar-refractivity contribution in [1.29, 1.82) is 0 Å². The highest BCUT2D eigenvalue weighted by molar-refractivity contribution is 5.71. The Balaban J connectivity index is 1.59. The first kappa shape index (κ1) is 28.7. The van der Waals surface area contributed by atoms with E-state index < -0.39 is 5.97 Å². The van der Waals surface area contributed by atoms with Gasteiger partial charge in [-0.25, -0.2) is 4.39 Å². The van der Waals surface area contributed by atoms with Gasteiger partial charge >= 0.3 is 5.97 Å². The van der Waals surface area contributed by atoms with E-state index in [4.69, 9.17) is 9.47 Å². The van der Waals surface area contributed by atoms with Crippen LogP contribution in [0.25, 0.3) is 11.1 Å². The molecule has 1 atom stereocenters. The summed E-state index contributed by atoms with van der Waals surface area (Å²) in [5, 5.41) is 9.39. The number of carboxylic acid groups (broad SMARTS) is 1. The van der Waals surface area contributed by atoms with E-state index in [9.17, 15) is 14.3 Å². The number of halogens is 1. The monoisotopic (exact) mass is 532 g/mol. The van der Waals surface area contributed by atoms with E-state index >= 15 is 0 Å². The van der Waals surface area contributed by atoms with Crippen LogP contribution < -0.4 is 9.47 Å². The molecule has 3 aromatic carbocycles. The first-order valence-electron chi connectivity index (χ1n) is 14.1. The third kappa shape index (κ3) is 7.84. The standard InChI is InChI=1S/C34H41FO4/c1-5-6-16-34(2,3)21-26-18-28(12-14-29(26)31-19-27(38-4)13-15-32(31)35)39-22-23-8-7-9-25(17-23)30(20-33(36)37)24-10-11-24/h7-9,12-15,17-19,24,30H,5-6,10-11,16,20-22H2,1-4H3,(H,36,37). The second kappa shape index (κ2) is 12.7. The maximum Gasteiger partial charge on any atom is 0.303 e. The van der Waals surface area contributed by atoms with E-state index in [0.29, 0.717) is 23.8 Å². The molecule has 5 heteroatoms. The van der Waals surface area contributed by atoms with E-state index in [1.54, 1.807) is 19.2 Å². The molecule has 0 saturated heterocycles. The van der Waals surface area contributed by atoms with Crippen molar-refractivity contribution in [2.75, 3.05) is 7.11 Å². The minimum Gasteiger partial charge on any atom is -0.497 e. The summed E-state index contributed by atoms with van der Waals surface area (Å²) in [6.07, 6.45) is 6.51. The zero-order valence-corrected chi connectivity index (χ0v) is 23.6. The molecule has 1 aliphatic rings. The molecule has 0 heterocycles. The van der Waals surface area contributed by atoms with Gasteiger partial charge in [0.05, 0.1) is 13.5 Å². The number of carbonyl (C=O) groups is 1. The van der Waals surface area contributed by atoms with Gasteiger partial charge in [-0.3, -0.25) is 4.79 Å². The molecular formula is C34H41FO4. The lowest BCUT2D eigenvalue weighted by molar-refractivity contribution is -0.137. The van der Waals surface area contributed by atoms with Crippen molar-refractivity contribution in [3.63, 3.8) is 0 Å². The Bertz CT molecular complexity index is 1280. The topological polar surface area (TPSA) is 55.8 Å². The summed E-state index contributed by atoms with van der Waals surface area (Å²) in [7, 11) is 1.59. The first-order chi connectivity index (χ1) is 18.7. The lowest BCUT2D eigenvalue weighted by Gasteiger charge is -2.26. The fourth-order valence-electron chi connectivity index (χ4n) is 5.49. The number of unbranched alkanes of at least 4 members (excludes halogenated alkanes) is 1. The van der Waals surface area contributed by atoms with Crippen molar-refractivity contribution < 1.29 is 23.8 Å². The number of carboxylic acids is 1. The highest BCUT2D eigenvalue weighted by atomic mass is 19.1. The number of aliphatic carboxylic acids is 1. The number of hydrogen-bond donors (Lipinski definition) is 1. The largest absolute Gasteiger partial charge is 0.497 e. The SMILES string of the molecule is CCCCC(C)(C)Cc1cc(OCc2cccc(C(CC(=O)O)C3CC3)c2)ccc1-c1cc(OC)ccc1F. The molecule has 0 bridgehead atoms. The normalized spacial score (nSPS) is 14.2. The first-order valence-corrected chi connectivity index (χ1v) is 14.1. The van der Waals surface area contributed by atoms with Gasteiger partial charge in [0.25, 0.3) is 0 Å². The fourth-order valence-corrected chi connectivity index (χ4v) is 5.49. The summed E-state index contributed by atoms with van der Waals surface area (Å²) in [6.45, 7) is 7.11. The second-order valence-electron chi connectivity index (χ2n) is 11.7. The summed E-state index contributed by atoms with van der Waals surface area (Å²) in [5.74, 6) is 0.834. The fraction of sp³-hybridized carbons (Fsp3) is 0.441. The molecular weight excluding hydrogens is 491 g/mol. The van der Waals surface area contributed by atoms with E-state index in [1.165, 1.54) is 6.07 Å². The van der Waals surface area contributed by atoms with Crippen LogP contribution >= 0.6 is 0 Å². The van der Waals surface area contributed by atoms with Crippen LogP contribution in [0.15, 0.2) is 60.7 Å². The Labute approximate surface area is 232 Å². The molecule has 0 amide bonds. The van der Waals surface area contributed by atoms with Crippen LogP contribution in [-0.2, 0) is 17.8 Å². The molecule has 0 radical (unpaired) electrons. The maximum absolute atomic E-state index is 15.0. The van der Waals surface area contributed by atoms with Crippen molar-refractivity contribution >= 4 is 5.97 Å². The van der Waals surface area contributed by atoms with Crippen molar-refractivity contribution in [3.8, 4) is 22.6 Å². The molecule has 1 unspecified atom stereocenters. The molecule has 0 aliphatic heterocycles. The molecule has 0 spiro atoms.